The summed E-state index contributed by atoms with van der Waals surface area (Å²) < 4.78 is 7.22. The van der Waals surface area contributed by atoms with Crippen LogP contribution in [0.3, 0.4) is 0 Å². The van der Waals surface area contributed by atoms with Gasteiger partial charge in [0.25, 0.3) is 0 Å². The fourth-order valence-electron chi connectivity index (χ4n) is 6.36. The quantitative estimate of drug-likeness (QED) is 0.0376. The molecule has 0 aliphatic carbocycles. The molecule has 272 valence electrons. The molecule has 0 aliphatic heterocycles. The Bertz CT molecular complexity index is 591. The first-order valence-electron chi connectivity index (χ1n) is 20.7. The van der Waals surface area contributed by atoms with Gasteiger partial charge in [-0.25, -0.2) is 0 Å². The van der Waals surface area contributed by atoms with Crippen LogP contribution in [0.25, 0.3) is 0 Å². The molecule has 3 nitrogen and oxygen atoms in total. The molecule has 0 bridgehead atoms. The van der Waals surface area contributed by atoms with Gasteiger partial charge in [-0.2, -0.15) is 0 Å². The Labute approximate surface area is 286 Å². The predicted octanol–water partition coefficient (Wildman–Crippen LogP) is 13.9. The van der Waals surface area contributed by atoms with E-state index in [2.05, 4.69) is 35.0 Å². The summed E-state index contributed by atoms with van der Waals surface area (Å²) in [7, 11) is 5.30. The Hall–Kier alpha value is 0.0200. The number of nitrogens with zero attached hydrogens (tertiary/aromatic N) is 1. The van der Waals surface area contributed by atoms with Gasteiger partial charge >= 0.3 is 209 Å². The summed E-state index contributed by atoms with van der Waals surface area (Å²) in [5, 5.41) is 0. The summed E-state index contributed by atoms with van der Waals surface area (Å²) in [6.45, 7) is 6.32. The predicted molar refractivity (Wildman–Crippen MR) is 206 cm³/mol. The molecule has 0 rings (SSSR count). The molecule has 0 saturated heterocycles. The maximum absolute atomic E-state index is 13.1. The summed E-state index contributed by atoms with van der Waals surface area (Å²) in [5.74, 6) is 0. The molecule has 0 aromatic heterocycles. The second-order valence-corrected chi connectivity index (χ2v) is 17.7. The molecule has 0 heterocycles. The van der Waals surface area contributed by atoms with E-state index in [1.165, 1.54) is 193 Å². The molecule has 0 spiro atoms. The fourth-order valence-corrected chi connectivity index (χ4v) is 8.31. The third-order valence-electron chi connectivity index (χ3n) is 9.61. The van der Waals surface area contributed by atoms with Gasteiger partial charge in [0.2, 0.25) is 0 Å². The van der Waals surface area contributed by atoms with Crippen molar-refractivity contribution in [1.29, 1.82) is 0 Å². The van der Waals surface area contributed by atoms with Gasteiger partial charge in [-0.1, -0.05) is 78.1 Å². The first-order chi connectivity index (χ1) is 21.9. The minimum atomic E-state index is -1.33. The number of carbonyl (C=O) groups is 1. The van der Waals surface area contributed by atoms with Crippen LogP contribution in [0.4, 0.5) is 0 Å². The van der Waals surface area contributed by atoms with Gasteiger partial charge < -0.3 is 0 Å². The van der Waals surface area contributed by atoms with Crippen molar-refractivity contribution in [2.75, 3.05) is 40.5 Å². The number of unbranched alkanes of at least 4 members (excludes halogenated alkanes) is 29. The van der Waals surface area contributed by atoms with Crippen LogP contribution in [-0.2, 0) is 9.32 Å². The number of hydrogen-bond donors (Lipinski definition) is 0. The standard InChI is InChI=1S/C41H86NO2P/c1-6-8-10-12-14-16-18-20-22-24-26-28-30-32-34-36-40-45(44-39-38-42(3,4)5)41(43)37-35-33-31-29-27-25-23-21-19-17-15-13-11-9-7-2/h45H,6-40H2,1-5H3. The minimum absolute atomic E-state index is 0.470. The van der Waals surface area contributed by atoms with Crippen molar-refractivity contribution >= 4 is 13.7 Å². The van der Waals surface area contributed by atoms with Gasteiger partial charge in [0.1, 0.15) is 0 Å². The molecule has 0 radical (unpaired) electrons. The molecule has 45 heavy (non-hydrogen) atoms. The van der Waals surface area contributed by atoms with E-state index in [1.54, 1.807) is 0 Å². The van der Waals surface area contributed by atoms with E-state index in [-0.39, 0.29) is 0 Å². The number of hydrogen-bond acceptors (Lipinski definition) is 2. The van der Waals surface area contributed by atoms with E-state index in [0.29, 0.717) is 5.52 Å². The van der Waals surface area contributed by atoms with Crippen LogP contribution in [0.5, 0.6) is 0 Å². The van der Waals surface area contributed by atoms with E-state index < -0.39 is 8.15 Å². The van der Waals surface area contributed by atoms with Crippen LogP contribution < -0.4 is 0 Å². The molecular weight excluding hydrogens is 569 g/mol. The first-order valence-corrected chi connectivity index (χ1v) is 22.3. The van der Waals surface area contributed by atoms with Crippen LogP contribution in [0, 0.1) is 0 Å². The molecule has 0 aliphatic rings. The van der Waals surface area contributed by atoms with Crippen LogP contribution in [0.15, 0.2) is 0 Å². The van der Waals surface area contributed by atoms with E-state index in [9.17, 15) is 4.79 Å². The third-order valence-corrected chi connectivity index (χ3v) is 11.8. The zero-order valence-electron chi connectivity index (χ0n) is 32.0. The molecule has 0 amide bonds. The van der Waals surface area contributed by atoms with Crippen molar-refractivity contribution in [2.24, 2.45) is 0 Å². The zero-order chi connectivity index (χ0) is 33.1. The van der Waals surface area contributed by atoms with Crippen molar-refractivity contribution in [3.63, 3.8) is 0 Å². The fraction of sp³-hybridized carbons (Fsp3) is 0.976. The molecule has 0 fully saturated rings. The average Bonchev–Trinajstić information content (AvgIpc) is 3.01. The zero-order valence-corrected chi connectivity index (χ0v) is 33.0. The Morgan fingerprint density at radius 2 is 0.733 bits per heavy atom. The van der Waals surface area contributed by atoms with Crippen LogP contribution in [0.2, 0.25) is 0 Å². The van der Waals surface area contributed by atoms with Crippen LogP contribution in [0.1, 0.15) is 219 Å². The Kier molecular flexibility index (Phi) is 35.3. The number of rotatable bonds is 38. The number of quaternary nitrogens is 1. The summed E-state index contributed by atoms with van der Waals surface area (Å²) in [5.41, 5.74) is 0.470. The molecule has 1 atom stereocenters. The number of carbonyl (C=O) groups excluding carboxylic acids is 1. The smallest absolute Gasteiger partial charge is 0.0654 e. The van der Waals surface area contributed by atoms with Gasteiger partial charge in [0.05, 0.1) is 0 Å². The van der Waals surface area contributed by atoms with E-state index in [4.69, 9.17) is 4.52 Å². The maximum atomic E-state index is 13.1. The second-order valence-electron chi connectivity index (χ2n) is 15.5. The molecule has 0 aromatic carbocycles. The summed E-state index contributed by atoms with van der Waals surface area (Å²) >= 11 is 0. The van der Waals surface area contributed by atoms with Gasteiger partial charge in [-0.05, 0) is 0 Å². The molecule has 4 heteroatoms. The van der Waals surface area contributed by atoms with Crippen molar-refractivity contribution in [1.82, 2.24) is 0 Å². The molecule has 0 aromatic rings. The molecule has 1 unspecified atom stereocenters. The Morgan fingerprint density at radius 1 is 0.444 bits per heavy atom. The van der Waals surface area contributed by atoms with Gasteiger partial charge in [-0.15, -0.1) is 0 Å². The number of likely N-dealkylation sites (N-methyl/N-ethyl adjacent to an activating group) is 1. The van der Waals surface area contributed by atoms with Gasteiger partial charge in [-0.3, -0.25) is 0 Å². The molecular formula is C41H86NO2P. The van der Waals surface area contributed by atoms with Crippen molar-refractivity contribution in [3.05, 3.63) is 0 Å². The van der Waals surface area contributed by atoms with Crippen LogP contribution >= 0.6 is 8.15 Å². The monoisotopic (exact) mass is 656 g/mol. The van der Waals surface area contributed by atoms with E-state index >= 15 is 0 Å². The topological polar surface area (TPSA) is 26.3 Å². The normalized spacial score (nSPS) is 13.0. The molecule has 0 saturated carbocycles. The first kappa shape index (κ1) is 45.0. The van der Waals surface area contributed by atoms with Gasteiger partial charge in [0.15, 0.2) is 0 Å². The van der Waals surface area contributed by atoms with Crippen molar-refractivity contribution < 1.29 is 13.8 Å². The summed E-state index contributed by atoms with van der Waals surface area (Å²) in [4.78, 5) is 13.1. The second kappa shape index (κ2) is 35.3. The Morgan fingerprint density at radius 3 is 1.04 bits per heavy atom. The van der Waals surface area contributed by atoms with Gasteiger partial charge in [0, 0.05) is 0 Å². The van der Waals surface area contributed by atoms with E-state index in [0.717, 1.165) is 36.6 Å². The molecule has 0 N–H and O–H groups in total. The minimum Gasteiger partial charge on any atom is -0.0654 e. The van der Waals surface area contributed by atoms with E-state index in [1.807, 2.05) is 0 Å². The van der Waals surface area contributed by atoms with Crippen LogP contribution in [-0.4, -0.2) is 50.5 Å². The van der Waals surface area contributed by atoms with Crippen molar-refractivity contribution in [3.8, 4) is 0 Å². The van der Waals surface area contributed by atoms with Crippen molar-refractivity contribution in [2.45, 2.75) is 219 Å². The Balaban J connectivity index is 3.85. The SMILES string of the molecule is CCCCCCCCCCCCCCCCCC[PH-](OCC[N+](C)(C)C)C(=O)CCCCCCCCCCCCCCCCC. The third kappa shape index (κ3) is 36.7. The summed E-state index contributed by atoms with van der Waals surface area (Å²) in [6, 6.07) is 0. The summed E-state index contributed by atoms with van der Waals surface area (Å²) in [6.07, 6.45) is 44.6. The average molecular weight is 656 g/mol.